The van der Waals surface area contributed by atoms with E-state index in [2.05, 4.69) is 61.8 Å². The van der Waals surface area contributed by atoms with Gasteiger partial charge in [-0.05, 0) is 46.5 Å². The zero-order chi connectivity index (χ0) is 22.5. The van der Waals surface area contributed by atoms with Crippen molar-refractivity contribution in [2.75, 3.05) is 11.4 Å². The Kier molecular flexibility index (Phi) is 6.16. The molecule has 4 aromatic rings. The zero-order valence-corrected chi connectivity index (χ0v) is 17.9. The van der Waals surface area contributed by atoms with Crippen LogP contribution >= 0.6 is 0 Å². The van der Waals surface area contributed by atoms with Gasteiger partial charge in [-0.25, -0.2) is 19.9 Å². The molecule has 0 spiro atoms. The minimum atomic E-state index is -1.06. The van der Waals surface area contributed by atoms with Gasteiger partial charge in [0, 0.05) is 24.3 Å². The highest BCUT2D eigenvalue weighted by molar-refractivity contribution is 5.85. The molecule has 2 aromatic carbocycles. The van der Waals surface area contributed by atoms with E-state index in [9.17, 15) is 9.90 Å². The monoisotopic (exact) mass is 429 g/mol. The first-order valence-corrected chi connectivity index (χ1v) is 10.3. The summed E-state index contributed by atoms with van der Waals surface area (Å²) < 4.78 is 0. The number of aryl methyl sites for hydroxylation is 1. The molecule has 0 saturated carbocycles. The van der Waals surface area contributed by atoms with E-state index in [1.165, 1.54) is 6.07 Å². The number of hydrogen-bond acceptors (Lipinski definition) is 7. The number of benzene rings is 2. The van der Waals surface area contributed by atoms with Gasteiger partial charge in [-0.3, -0.25) is 0 Å². The van der Waals surface area contributed by atoms with Crippen LogP contribution in [0.2, 0.25) is 0 Å². The van der Waals surface area contributed by atoms with Gasteiger partial charge in [-0.1, -0.05) is 55.5 Å². The number of anilines is 1. The van der Waals surface area contributed by atoms with Crippen LogP contribution in [0.4, 0.5) is 5.95 Å². The molecular formula is C23H23N7O2. The van der Waals surface area contributed by atoms with E-state index in [4.69, 9.17) is 0 Å². The van der Waals surface area contributed by atoms with Crippen LogP contribution in [0.3, 0.4) is 0 Å². The minimum Gasteiger partial charge on any atom is -0.477 e. The first-order valence-electron chi connectivity index (χ1n) is 10.3. The molecule has 4 rings (SSSR count). The number of aromatic carboxylic acids is 1. The lowest BCUT2D eigenvalue weighted by Gasteiger charge is -2.23. The number of carboxylic acid groups (broad SMARTS) is 1. The maximum atomic E-state index is 11.4. The molecule has 9 nitrogen and oxygen atoms in total. The van der Waals surface area contributed by atoms with Gasteiger partial charge in [-0.2, -0.15) is 0 Å². The van der Waals surface area contributed by atoms with Gasteiger partial charge < -0.3 is 10.0 Å². The van der Waals surface area contributed by atoms with Crippen LogP contribution in [0.25, 0.3) is 22.5 Å². The van der Waals surface area contributed by atoms with Crippen LogP contribution in [0.15, 0.2) is 54.6 Å². The molecule has 0 unspecified atom stereocenters. The van der Waals surface area contributed by atoms with Crippen LogP contribution in [0.5, 0.6) is 0 Å². The molecule has 2 aromatic heterocycles. The third-order valence-electron chi connectivity index (χ3n) is 5.00. The van der Waals surface area contributed by atoms with Crippen LogP contribution < -0.4 is 4.90 Å². The van der Waals surface area contributed by atoms with Crippen molar-refractivity contribution in [3.63, 3.8) is 0 Å². The fourth-order valence-electron chi connectivity index (χ4n) is 3.55. The second kappa shape index (κ2) is 9.34. The zero-order valence-electron chi connectivity index (χ0n) is 17.9. The number of rotatable bonds is 8. The largest absolute Gasteiger partial charge is 0.477 e. The average Bonchev–Trinajstić information content (AvgIpc) is 3.34. The first-order chi connectivity index (χ1) is 15.5. The van der Waals surface area contributed by atoms with Crippen molar-refractivity contribution < 1.29 is 9.90 Å². The molecule has 2 heterocycles. The van der Waals surface area contributed by atoms with Crippen molar-refractivity contribution in [1.82, 2.24) is 30.6 Å². The van der Waals surface area contributed by atoms with Gasteiger partial charge in [0.1, 0.15) is 0 Å². The van der Waals surface area contributed by atoms with Gasteiger partial charge in [-0.15, -0.1) is 5.10 Å². The van der Waals surface area contributed by atoms with Crippen molar-refractivity contribution in [2.24, 2.45) is 0 Å². The number of nitrogens with one attached hydrogen (secondary N) is 1. The van der Waals surface area contributed by atoms with Crippen molar-refractivity contribution in [3.8, 4) is 22.5 Å². The number of tetrazole rings is 1. The summed E-state index contributed by atoms with van der Waals surface area (Å²) in [6.45, 7) is 5.13. The van der Waals surface area contributed by atoms with Gasteiger partial charge in [0.15, 0.2) is 11.5 Å². The molecule has 32 heavy (non-hydrogen) atoms. The Morgan fingerprint density at radius 2 is 1.81 bits per heavy atom. The molecule has 0 bridgehead atoms. The fourth-order valence-corrected chi connectivity index (χ4v) is 3.55. The van der Waals surface area contributed by atoms with Crippen molar-refractivity contribution >= 4 is 11.9 Å². The van der Waals surface area contributed by atoms with Crippen molar-refractivity contribution in [2.45, 2.75) is 26.8 Å². The standard InChI is InChI=1S/C23H23N7O2/c1-3-12-30(23-24-15(2)13-20(25-23)22(31)32)14-16-8-10-17(11-9-16)18-6-4-5-7-19(18)21-26-28-29-27-21/h4-11,13H,3,12,14H2,1-2H3,(H,31,32)(H,26,27,28,29). The van der Waals surface area contributed by atoms with Gasteiger partial charge >= 0.3 is 5.97 Å². The Bertz CT molecular complexity index is 1210. The van der Waals surface area contributed by atoms with Crippen molar-refractivity contribution in [3.05, 3.63) is 71.5 Å². The summed E-state index contributed by atoms with van der Waals surface area (Å²) >= 11 is 0. The molecule has 0 aliphatic rings. The van der Waals surface area contributed by atoms with E-state index in [1.54, 1.807) is 6.92 Å². The predicted molar refractivity (Wildman–Crippen MR) is 120 cm³/mol. The van der Waals surface area contributed by atoms with E-state index in [-0.39, 0.29) is 5.69 Å². The highest BCUT2D eigenvalue weighted by Crippen LogP contribution is 2.30. The van der Waals surface area contributed by atoms with E-state index in [0.717, 1.165) is 28.7 Å². The average molecular weight is 429 g/mol. The summed E-state index contributed by atoms with van der Waals surface area (Å²) in [4.78, 5) is 22.1. The molecule has 2 N–H and O–H groups in total. The smallest absolute Gasteiger partial charge is 0.354 e. The number of carbonyl (C=O) groups is 1. The van der Waals surface area contributed by atoms with E-state index >= 15 is 0 Å². The highest BCUT2D eigenvalue weighted by atomic mass is 16.4. The van der Waals surface area contributed by atoms with Crippen LogP contribution in [0.1, 0.15) is 35.1 Å². The lowest BCUT2D eigenvalue weighted by Crippen LogP contribution is -2.26. The summed E-state index contributed by atoms with van der Waals surface area (Å²) in [7, 11) is 0. The number of aromatic nitrogens is 6. The molecule has 0 radical (unpaired) electrons. The fraction of sp³-hybridized carbons (Fsp3) is 0.217. The van der Waals surface area contributed by atoms with Crippen LogP contribution in [0, 0.1) is 6.92 Å². The second-order valence-electron chi connectivity index (χ2n) is 7.41. The minimum absolute atomic E-state index is 0.00228. The topological polar surface area (TPSA) is 121 Å². The molecule has 0 aliphatic heterocycles. The molecule has 0 saturated heterocycles. The Morgan fingerprint density at radius 3 is 2.47 bits per heavy atom. The van der Waals surface area contributed by atoms with Gasteiger partial charge in [0.05, 0.1) is 0 Å². The Morgan fingerprint density at radius 1 is 1.06 bits per heavy atom. The van der Waals surface area contributed by atoms with Crippen LogP contribution in [-0.4, -0.2) is 48.2 Å². The lowest BCUT2D eigenvalue weighted by molar-refractivity contribution is 0.0690. The Balaban J connectivity index is 1.60. The Labute approximate surface area is 185 Å². The maximum absolute atomic E-state index is 11.4. The number of hydrogen-bond donors (Lipinski definition) is 2. The number of nitrogens with zero attached hydrogens (tertiary/aromatic N) is 6. The predicted octanol–water partition coefficient (Wildman–Crippen LogP) is 3.75. The summed E-state index contributed by atoms with van der Waals surface area (Å²) in [5.41, 5.74) is 4.69. The summed E-state index contributed by atoms with van der Waals surface area (Å²) in [5.74, 6) is -0.0145. The third kappa shape index (κ3) is 4.61. The molecule has 0 aliphatic carbocycles. The normalized spacial score (nSPS) is 10.8. The second-order valence-corrected chi connectivity index (χ2v) is 7.41. The number of H-pyrrole nitrogens is 1. The van der Waals surface area contributed by atoms with E-state index in [1.807, 2.05) is 29.2 Å². The molecule has 0 amide bonds. The van der Waals surface area contributed by atoms with Crippen LogP contribution in [-0.2, 0) is 6.54 Å². The molecule has 162 valence electrons. The van der Waals surface area contributed by atoms with Gasteiger partial charge in [0.25, 0.3) is 0 Å². The molecule has 0 fully saturated rings. The lowest BCUT2D eigenvalue weighted by atomic mass is 9.98. The van der Waals surface area contributed by atoms with Crippen molar-refractivity contribution in [1.29, 1.82) is 0 Å². The summed E-state index contributed by atoms with van der Waals surface area (Å²) in [6, 6.07) is 17.6. The van der Waals surface area contributed by atoms with Gasteiger partial charge in [0.2, 0.25) is 5.95 Å². The summed E-state index contributed by atoms with van der Waals surface area (Å²) in [5, 5.41) is 23.5. The number of aromatic amines is 1. The highest BCUT2D eigenvalue weighted by Gasteiger charge is 2.15. The van der Waals surface area contributed by atoms with E-state index < -0.39 is 5.97 Å². The molecular weight excluding hydrogens is 406 g/mol. The SMILES string of the molecule is CCCN(Cc1ccc(-c2ccccc2-c2nnn[nH]2)cc1)c1nc(C)cc(C(=O)O)n1. The maximum Gasteiger partial charge on any atom is 0.354 e. The quantitative estimate of drug-likeness (QED) is 0.434. The molecule has 9 heteroatoms. The first kappa shape index (κ1) is 21.1. The van der Waals surface area contributed by atoms with E-state index in [0.29, 0.717) is 30.6 Å². The number of carboxylic acids is 1. The third-order valence-corrected chi connectivity index (χ3v) is 5.00. The molecule has 0 atom stereocenters. The summed E-state index contributed by atoms with van der Waals surface area (Å²) in [6.07, 6.45) is 0.885. The Hall–Kier alpha value is -4.14.